The zero-order chi connectivity index (χ0) is 22.3. The minimum Gasteiger partial charge on any atom is -0.329 e. The van der Waals surface area contributed by atoms with E-state index in [1.165, 1.54) is 0 Å². The van der Waals surface area contributed by atoms with Gasteiger partial charge in [-0.25, -0.2) is 9.97 Å². The van der Waals surface area contributed by atoms with Crippen LogP contribution in [0.5, 0.6) is 0 Å². The van der Waals surface area contributed by atoms with Crippen molar-refractivity contribution in [3.8, 4) is 6.07 Å². The number of hydrogen-bond acceptors (Lipinski definition) is 6. The van der Waals surface area contributed by atoms with Gasteiger partial charge in [0.2, 0.25) is 0 Å². The number of aromatic nitrogens is 3. The van der Waals surface area contributed by atoms with E-state index in [0.717, 1.165) is 41.5 Å². The summed E-state index contributed by atoms with van der Waals surface area (Å²) in [7, 11) is 0. The number of nitriles is 1. The number of carbonyl (C=O) groups is 1. The first kappa shape index (κ1) is 22.1. The summed E-state index contributed by atoms with van der Waals surface area (Å²) in [5.74, 6) is 0.869. The number of nitrogens with zero attached hydrogens (tertiary/aromatic N) is 5. The van der Waals surface area contributed by atoms with Crippen molar-refractivity contribution in [3.63, 3.8) is 0 Å². The van der Waals surface area contributed by atoms with Gasteiger partial charge in [0.05, 0.1) is 35.8 Å². The average molecular weight is 447 g/mol. The van der Waals surface area contributed by atoms with Crippen molar-refractivity contribution in [3.05, 3.63) is 77.5 Å². The summed E-state index contributed by atoms with van der Waals surface area (Å²) in [6.45, 7) is 4.87. The summed E-state index contributed by atoms with van der Waals surface area (Å²) >= 11 is 1.59. The lowest BCUT2D eigenvalue weighted by atomic mass is 10.1. The molecule has 0 spiro atoms. The molecule has 7 nitrogen and oxygen atoms in total. The zero-order valence-corrected chi connectivity index (χ0v) is 18.9. The lowest BCUT2D eigenvalue weighted by Crippen LogP contribution is -2.41. The predicted octanol–water partition coefficient (Wildman–Crippen LogP) is 3.31. The van der Waals surface area contributed by atoms with Crippen LogP contribution in [-0.2, 0) is 13.1 Å². The van der Waals surface area contributed by atoms with Crippen molar-refractivity contribution in [2.75, 3.05) is 18.8 Å². The molecule has 0 aliphatic carbocycles. The van der Waals surface area contributed by atoms with E-state index in [1.807, 2.05) is 47.5 Å². The minimum atomic E-state index is 0.00822. The van der Waals surface area contributed by atoms with E-state index in [1.54, 1.807) is 24.3 Å². The van der Waals surface area contributed by atoms with Crippen LogP contribution in [0.25, 0.3) is 0 Å². The third kappa shape index (κ3) is 5.01. The monoisotopic (exact) mass is 446 g/mol. The molecule has 0 saturated carbocycles. The van der Waals surface area contributed by atoms with Gasteiger partial charge < -0.3 is 14.8 Å². The Labute approximate surface area is 192 Å². The number of imidazole rings is 1. The molecule has 1 aliphatic heterocycles. The SMILES string of the molecule is CCSc1ncccc1C(=O)N(Cc1cncn1Cc1ccc(C#N)cc1)C1CCNC1. The first-order chi connectivity index (χ1) is 15.7. The highest BCUT2D eigenvalue weighted by Gasteiger charge is 2.29. The second kappa shape index (κ2) is 10.4. The molecule has 1 atom stereocenters. The molecule has 1 fully saturated rings. The number of carbonyl (C=O) groups excluding carboxylic acids is 1. The smallest absolute Gasteiger partial charge is 0.257 e. The average Bonchev–Trinajstić information content (AvgIpc) is 3.50. The van der Waals surface area contributed by atoms with Crippen LogP contribution < -0.4 is 5.32 Å². The van der Waals surface area contributed by atoms with Gasteiger partial charge in [-0.1, -0.05) is 19.1 Å². The van der Waals surface area contributed by atoms with Gasteiger partial charge in [0, 0.05) is 31.5 Å². The Hall–Kier alpha value is -3.15. The Morgan fingerprint density at radius 3 is 2.91 bits per heavy atom. The van der Waals surface area contributed by atoms with Crippen molar-refractivity contribution in [1.29, 1.82) is 5.26 Å². The van der Waals surface area contributed by atoms with Gasteiger partial charge in [0.15, 0.2) is 0 Å². The Morgan fingerprint density at radius 2 is 2.19 bits per heavy atom. The van der Waals surface area contributed by atoms with Crippen LogP contribution in [-0.4, -0.2) is 50.2 Å². The van der Waals surface area contributed by atoms with Gasteiger partial charge in [0.25, 0.3) is 5.91 Å². The molecule has 0 bridgehead atoms. The molecule has 4 rings (SSSR count). The Balaban J connectivity index is 1.59. The molecule has 1 aromatic carbocycles. The fraction of sp³-hybridized carbons (Fsp3) is 0.333. The number of nitrogens with one attached hydrogen (secondary N) is 1. The van der Waals surface area contributed by atoms with Crippen molar-refractivity contribution in [2.24, 2.45) is 0 Å². The first-order valence-corrected chi connectivity index (χ1v) is 11.8. The number of amides is 1. The van der Waals surface area contributed by atoms with Crippen LogP contribution in [0.4, 0.5) is 0 Å². The molecule has 1 saturated heterocycles. The van der Waals surface area contributed by atoms with E-state index in [9.17, 15) is 4.79 Å². The Morgan fingerprint density at radius 1 is 1.34 bits per heavy atom. The molecule has 32 heavy (non-hydrogen) atoms. The standard InChI is InChI=1S/C24H26N6OS/c1-2-32-23-22(4-3-10-28-23)24(31)30(20-9-11-26-13-20)16-21-14-27-17-29(21)15-19-7-5-18(12-25)6-8-19/h3-8,10,14,17,20,26H,2,9,11,13,15-16H2,1H3. The lowest BCUT2D eigenvalue weighted by molar-refractivity contribution is 0.0666. The van der Waals surface area contributed by atoms with Gasteiger partial charge in [0.1, 0.15) is 5.03 Å². The fourth-order valence-corrected chi connectivity index (χ4v) is 4.63. The maximum absolute atomic E-state index is 13.7. The number of benzene rings is 1. The van der Waals surface area contributed by atoms with Gasteiger partial charge in [-0.3, -0.25) is 4.79 Å². The molecule has 3 aromatic rings. The highest BCUT2D eigenvalue weighted by molar-refractivity contribution is 7.99. The molecule has 164 valence electrons. The third-order valence-electron chi connectivity index (χ3n) is 5.59. The minimum absolute atomic E-state index is 0.00822. The topological polar surface area (TPSA) is 86.8 Å². The van der Waals surface area contributed by atoms with Crippen molar-refractivity contribution < 1.29 is 4.79 Å². The second-order valence-electron chi connectivity index (χ2n) is 7.69. The van der Waals surface area contributed by atoms with Gasteiger partial charge in [-0.05, 0) is 48.5 Å². The van der Waals surface area contributed by atoms with Gasteiger partial charge in [-0.15, -0.1) is 11.8 Å². The van der Waals surface area contributed by atoms with E-state index in [2.05, 4.69) is 32.8 Å². The van der Waals surface area contributed by atoms with Crippen LogP contribution in [0.2, 0.25) is 0 Å². The lowest BCUT2D eigenvalue weighted by Gasteiger charge is -2.29. The largest absolute Gasteiger partial charge is 0.329 e. The normalized spacial score (nSPS) is 15.4. The molecular formula is C24H26N6OS. The maximum Gasteiger partial charge on any atom is 0.257 e. The Kier molecular flexibility index (Phi) is 7.20. The molecule has 1 unspecified atom stereocenters. The van der Waals surface area contributed by atoms with Gasteiger partial charge in [-0.2, -0.15) is 5.26 Å². The van der Waals surface area contributed by atoms with E-state index >= 15 is 0 Å². The molecule has 1 amide bonds. The Bertz CT molecular complexity index is 1100. The van der Waals surface area contributed by atoms with E-state index in [-0.39, 0.29) is 11.9 Å². The van der Waals surface area contributed by atoms with Crippen molar-refractivity contribution >= 4 is 17.7 Å². The summed E-state index contributed by atoms with van der Waals surface area (Å²) in [5, 5.41) is 13.2. The molecule has 8 heteroatoms. The molecule has 0 radical (unpaired) electrons. The number of rotatable bonds is 8. The molecule has 1 N–H and O–H groups in total. The molecule has 2 aromatic heterocycles. The first-order valence-electron chi connectivity index (χ1n) is 10.8. The summed E-state index contributed by atoms with van der Waals surface area (Å²) < 4.78 is 2.06. The summed E-state index contributed by atoms with van der Waals surface area (Å²) in [5.41, 5.74) is 3.35. The summed E-state index contributed by atoms with van der Waals surface area (Å²) in [6, 6.07) is 13.5. The van der Waals surface area contributed by atoms with Crippen molar-refractivity contribution in [1.82, 2.24) is 24.8 Å². The van der Waals surface area contributed by atoms with Crippen LogP contribution >= 0.6 is 11.8 Å². The van der Waals surface area contributed by atoms with E-state index < -0.39 is 0 Å². The molecular weight excluding hydrogens is 420 g/mol. The van der Waals surface area contributed by atoms with E-state index in [0.29, 0.717) is 24.2 Å². The third-order valence-corrected chi connectivity index (χ3v) is 6.47. The van der Waals surface area contributed by atoms with Crippen LogP contribution in [0.1, 0.15) is 40.5 Å². The fourth-order valence-electron chi connectivity index (χ4n) is 3.91. The molecule has 1 aliphatic rings. The molecule has 3 heterocycles. The maximum atomic E-state index is 13.7. The highest BCUT2D eigenvalue weighted by Crippen LogP contribution is 2.24. The summed E-state index contributed by atoms with van der Waals surface area (Å²) in [4.78, 5) is 24.4. The van der Waals surface area contributed by atoms with Crippen LogP contribution in [0.15, 0.2) is 60.1 Å². The van der Waals surface area contributed by atoms with Crippen LogP contribution in [0.3, 0.4) is 0 Å². The number of pyridine rings is 1. The van der Waals surface area contributed by atoms with Crippen LogP contribution in [0, 0.1) is 11.3 Å². The predicted molar refractivity (Wildman–Crippen MR) is 124 cm³/mol. The second-order valence-corrected chi connectivity index (χ2v) is 8.94. The quantitative estimate of drug-likeness (QED) is 0.534. The highest BCUT2D eigenvalue weighted by atomic mass is 32.2. The number of hydrogen-bond donors (Lipinski definition) is 1. The zero-order valence-electron chi connectivity index (χ0n) is 18.1. The number of thioether (sulfide) groups is 1. The van der Waals surface area contributed by atoms with Crippen molar-refractivity contribution in [2.45, 2.75) is 37.5 Å². The van der Waals surface area contributed by atoms with Gasteiger partial charge >= 0.3 is 0 Å². The van der Waals surface area contributed by atoms with E-state index in [4.69, 9.17) is 5.26 Å². The summed E-state index contributed by atoms with van der Waals surface area (Å²) in [6.07, 6.45) is 6.29.